The Kier molecular flexibility index (Phi) is 2.05. The van der Waals surface area contributed by atoms with Gasteiger partial charge in [0, 0.05) is 11.8 Å². The number of carbonyl (C=O) groups is 1. The van der Waals surface area contributed by atoms with Crippen LogP contribution in [0.15, 0.2) is 11.6 Å². The number of fused-ring (bicyclic) bond motifs is 1. The van der Waals surface area contributed by atoms with Gasteiger partial charge in [0.05, 0.1) is 0 Å². The molecule has 0 aliphatic heterocycles. The molecule has 1 heteroatoms. The molecule has 1 fully saturated rings. The van der Waals surface area contributed by atoms with Gasteiger partial charge in [0.1, 0.15) is 5.78 Å². The SMILES string of the molecule is CC1=CCC2(C)C(=O)CCCC2C1. The lowest BCUT2D eigenvalue weighted by Crippen LogP contribution is -2.40. The minimum Gasteiger partial charge on any atom is -0.299 e. The highest BCUT2D eigenvalue weighted by Crippen LogP contribution is 2.47. The zero-order chi connectivity index (χ0) is 9.47. The van der Waals surface area contributed by atoms with Crippen LogP contribution in [0.4, 0.5) is 0 Å². The molecule has 2 rings (SSSR count). The summed E-state index contributed by atoms with van der Waals surface area (Å²) in [6.45, 7) is 4.36. The Balaban J connectivity index is 2.28. The van der Waals surface area contributed by atoms with Crippen LogP contribution in [0, 0.1) is 11.3 Å². The topological polar surface area (TPSA) is 17.1 Å². The van der Waals surface area contributed by atoms with Crippen molar-refractivity contribution in [2.75, 3.05) is 0 Å². The van der Waals surface area contributed by atoms with Gasteiger partial charge in [0.25, 0.3) is 0 Å². The Morgan fingerprint density at radius 3 is 3.08 bits per heavy atom. The lowest BCUT2D eigenvalue weighted by molar-refractivity contribution is -0.134. The molecule has 0 heterocycles. The van der Waals surface area contributed by atoms with Gasteiger partial charge in [-0.3, -0.25) is 4.79 Å². The fourth-order valence-electron chi connectivity index (χ4n) is 2.81. The first kappa shape index (κ1) is 8.98. The molecular weight excluding hydrogens is 160 g/mol. The molecule has 0 aromatic rings. The fraction of sp³-hybridized carbons (Fsp3) is 0.750. The summed E-state index contributed by atoms with van der Waals surface area (Å²) in [5.74, 6) is 1.14. The first-order chi connectivity index (χ1) is 6.13. The van der Waals surface area contributed by atoms with E-state index in [1.54, 1.807) is 0 Å². The lowest BCUT2D eigenvalue weighted by Gasteiger charge is -2.42. The average molecular weight is 178 g/mol. The quantitative estimate of drug-likeness (QED) is 0.521. The third kappa shape index (κ3) is 1.34. The highest BCUT2D eigenvalue weighted by atomic mass is 16.1. The van der Waals surface area contributed by atoms with Crippen LogP contribution in [-0.4, -0.2) is 5.78 Å². The second kappa shape index (κ2) is 2.97. The van der Waals surface area contributed by atoms with Crippen LogP contribution in [0.25, 0.3) is 0 Å². The third-order valence-corrected chi connectivity index (χ3v) is 3.94. The van der Waals surface area contributed by atoms with Gasteiger partial charge < -0.3 is 0 Å². The summed E-state index contributed by atoms with van der Waals surface area (Å²) in [5.41, 5.74) is 1.48. The van der Waals surface area contributed by atoms with E-state index in [0.29, 0.717) is 11.7 Å². The van der Waals surface area contributed by atoms with Gasteiger partial charge in [-0.15, -0.1) is 0 Å². The predicted octanol–water partition coefficient (Wildman–Crippen LogP) is 3.10. The number of Topliss-reactive ketones (excluding diaryl/α,β-unsaturated/α-hetero) is 1. The zero-order valence-corrected chi connectivity index (χ0v) is 8.60. The normalized spacial score (nSPS) is 39.7. The molecule has 0 saturated heterocycles. The molecule has 0 radical (unpaired) electrons. The summed E-state index contributed by atoms with van der Waals surface area (Å²) in [4.78, 5) is 11.8. The number of hydrogen-bond acceptors (Lipinski definition) is 1. The van der Waals surface area contributed by atoms with Crippen molar-refractivity contribution in [2.45, 2.75) is 46.0 Å². The third-order valence-electron chi connectivity index (χ3n) is 3.94. The molecule has 0 spiro atoms. The molecule has 1 saturated carbocycles. The largest absolute Gasteiger partial charge is 0.299 e. The molecule has 72 valence electrons. The van der Waals surface area contributed by atoms with Gasteiger partial charge in [-0.25, -0.2) is 0 Å². The van der Waals surface area contributed by atoms with E-state index in [4.69, 9.17) is 0 Å². The van der Waals surface area contributed by atoms with E-state index in [9.17, 15) is 4.79 Å². The Bertz CT molecular complexity index is 264. The number of carbonyl (C=O) groups excluding carboxylic acids is 1. The molecule has 0 amide bonds. The van der Waals surface area contributed by atoms with E-state index in [-0.39, 0.29) is 5.41 Å². The Labute approximate surface area is 80.2 Å². The fourth-order valence-corrected chi connectivity index (χ4v) is 2.81. The van der Waals surface area contributed by atoms with Gasteiger partial charge in [-0.2, -0.15) is 0 Å². The van der Waals surface area contributed by atoms with Gasteiger partial charge in [0.2, 0.25) is 0 Å². The van der Waals surface area contributed by atoms with E-state index in [0.717, 1.165) is 25.7 Å². The van der Waals surface area contributed by atoms with Crippen LogP contribution >= 0.6 is 0 Å². The molecule has 0 aromatic heterocycles. The number of hydrogen-bond donors (Lipinski definition) is 0. The minimum atomic E-state index is -0.00222. The van der Waals surface area contributed by atoms with Crippen molar-refractivity contribution in [3.63, 3.8) is 0 Å². The summed E-state index contributed by atoms with van der Waals surface area (Å²) < 4.78 is 0. The molecule has 0 bridgehead atoms. The molecule has 1 nitrogen and oxygen atoms in total. The first-order valence-electron chi connectivity index (χ1n) is 5.32. The van der Waals surface area contributed by atoms with Crippen molar-refractivity contribution in [1.29, 1.82) is 0 Å². The Hall–Kier alpha value is -0.590. The summed E-state index contributed by atoms with van der Waals surface area (Å²) >= 11 is 0. The maximum absolute atomic E-state index is 11.8. The molecule has 0 N–H and O–H groups in total. The highest BCUT2D eigenvalue weighted by Gasteiger charge is 2.43. The van der Waals surface area contributed by atoms with Gasteiger partial charge in [-0.1, -0.05) is 18.6 Å². The Morgan fingerprint density at radius 1 is 1.54 bits per heavy atom. The maximum atomic E-state index is 11.8. The van der Waals surface area contributed by atoms with E-state index in [2.05, 4.69) is 19.9 Å². The summed E-state index contributed by atoms with van der Waals surface area (Å²) in [7, 11) is 0. The molecule has 13 heavy (non-hydrogen) atoms. The summed E-state index contributed by atoms with van der Waals surface area (Å²) in [6.07, 6.45) is 7.60. The molecule has 0 aromatic carbocycles. The molecule has 2 unspecified atom stereocenters. The van der Waals surface area contributed by atoms with Crippen molar-refractivity contribution in [3.05, 3.63) is 11.6 Å². The molecule has 2 aliphatic carbocycles. The van der Waals surface area contributed by atoms with Crippen molar-refractivity contribution in [3.8, 4) is 0 Å². The zero-order valence-electron chi connectivity index (χ0n) is 8.60. The number of rotatable bonds is 0. The van der Waals surface area contributed by atoms with Crippen LogP contribution in [0.1, 0.15) is 46.0 Å². The summed E-state index contributed by atoms with van der Waals surface area (Å²) in [6, 6.07) is 0. The second-order valence-electron chi connectivity index (χ2n) is 4.89. The first-order valence-corrected chi connectivity index (χ1v) is 5.32. The summed E-state index contributed by atoms with van der Waals surface area (Å²) in [5, 5.41) is 0. The van der Waals surface area contributed by atoms with Crippen LogP contribution < -0.4 is 0 Å². The number of allylic oxidation sites excluding steroid dienone is 2. The number of ketones is 1. The maximum Gasteiger partial charge on any atom is 0.139 e. The van der Waals surface area contributed by atoms with Crippen LogP contribution in [0.3, 0.4) is 0 Å². The van der Waals surface area contributed by atoms with Gasteiger partial charge in [-0.05, 0) is 38.5 Å². The molecule has 2 atom stereocenters. The molecular formula is C12H18O. The van der Waals surface area contributed by atoms with Crippen molar-refractivity contribution in [2.24, 2.45) is 11.3 Å². The van der Waals surface area contributed by atoms with Crippen LogP contribution in [-0.2, 0) is 4.79 Å². The van der Waals surface area contributed by atoms with Crippen LogP contribution in [0.2, 0.25) is 0 Å². The predicted molar refractivity (Wildman–Crippen MR) is 53.4 cm³/mol. The minimum absolute atomic E-state index is 0.00222. The van der Waals surface area contributed by atoms with Crippen molar-refractivity contribution < 1.29 is 4.79 Å². The Morgan fingerprint density at radius 2 is 2.31 bits per heavy atom. The van der Waals surface area contributed by atoms with E-state index >= 15 is 0 Å². The van der Waals surface area contributed by atoms with E-state index in [1.165, 1.54) is 12.0 Å². The lowest BCUT2D eigenvalue weighted by atomic mass is 9.60. The smallest absolute Gasteiger partial charge is 0.139 e. The average Bonchev–Trinajstić information content (AvgIpc) is 2.09. The van der Waals surface area contributed by atoms with Crippen molar-refractivity contribution in [1.82, 2.24) is 0 Å². The van der Waals surface area contributed by atoms with E-state index in [1.807, 2.05) is 0 Å². The highest BCUT2D eigenvalue weighted by molar-refractivity contribution is 5.86. The monoisotopic (exact) mass is 178 g/mol. The van der Waals surface area contributed by atoms with Crippen LogP contribution in [0.5, 0.6) is 0 Å². The second-order valence-corrected chi connectivity index (χ2v) is 4.89. The van der Waals surface area contributed by atoms with Gasteiger partial charge in [0.15, 0.2) is 0 Å². The van der Waals surface area contributed by atoms with Gasteiger partial charge >= 0.3 is 0 Å². The van der Waals surface area contributed by atoms with E-state index < -0.39 is 0 Å². The standard InChI is InChI=1S/C12H18O/c1-9-6-7-12(2)10(8-9)4-3-5-11(12)13/h6,10H,3-5,7-8H2,1-2H3. The van der Waals surface area contributed by atoms with Crippen molar-refractivity contribution >= 4 is 5.78 Å². The molecule has 2 aliphatic rings.